The third kappa shape index (κ3) is 4.38. The largest absolute Gasteiger partial charge is 0.424 e. The zero-order valence-corrected chi connectivity index (χ0v) is 16.2. The van der Waals surface area contributed by atoms with Gasteiger partial charge in [0, 0.05) is 12.1 Å². The normalized spacial score (nSPS) is 11.0. The van der Waals surface area contributed by atoms with Crippen LogP contribution in [0.4, 0.5) is 10.8 Å². The van der Waals surface area contributed by atoms with Crippen molar-refractivity contribution in [3.05, 3.63) is 41.1 Å². The molecule has 0 bridgehead atoms. The summed E-state index contributed by atoms with van der Waals surface area (Å²) in [6, 6.07) is 6.41. The van der Waals surface area contributed by atoms with E-state index in [1.807, 2.05) is 6.92 Å². The van der Waals surface area contributed by atoms with Crippen LogP contribution < -0.4 is 5.32 Å². The fraction of sp³-hybridized carbons (Fsp3) is 0.412. The van der Waals surface area contributed by atoms with E-state index in [9.17, 15) is 0 Å². The lowest BCUT2D eigenvalue weighted by atomic mass is 10.0. The van der Waals surface area contributed by atoms with E-state index >= 15 is 0 Å². The van der Waals surface area contributed by atoms with E-state index in [1.54, 1.807) is 11.8 Å². The maximum atomic E-state index is 5.52. The monoisotopic (exact) mass is 375 g/mol. The van der Waals surface area contributed by atoms with Crippen LogP contribution >= 0.6 is 23.1 Å². The minimum absolute atomic E-state index is 0.605. The van der Waals surface area contributed by atoms with Crippen LogP contribution in [0.2, 0.25) is 0 Å². The Balaban J connectivity index is 1.68. The van der Waals surface area contributed by atoms with Gasteiger partial charge in [-0.15, -0.1) is 20.4 Å². The Hall–Kier alpha value is -1.93. The second-order valence-electron chi connectivity index (χ2n) is 5.39. The standard InChI is InChI=1S/C17H21N5OS2/c1-4-11-8-7-9-12(5-2)15(11)18-16-21-22-17(25-16)24-10-14-20-19-13(6-3)23-14/h7-9H,4-6,10H2,1-3H3,(H,18,21). The average molecular weight is 376 g/mol. The fourth-order valence-electron chi connectivity index (χ4n) is 2.44. The lowest BCUT2D eigenvalue weighted by Gasteiger charge is -2.13. The number of aromatic nitrogens is 4. The van der Waals surface area contributed by atoms with Gasteiger partial charge in [-0.05, 0) is 24.0 Å². The molecule has 0 fully saturated rings. The smallest absolute Gasteiger partial charge is 0.226 e. The summed E-state index contributed by atoms with van der Waals surface area (Å²) in [7, 11) is 0. The Morgan fingerprint density at radius 1 is 0.960 bits per heavy atom. The Bertz CT molecular complexity index is 808. The van der Waals surface area contributed by atoms with Crippen molar-refractivity contribution >= 4 is 33.9 Å². The van der Waals surface area contributed by atoms with Crippen LogP contribution in [0.5, 0.6) is 0 Å². The summed E-state index contributed by atoms with van der Waals surface area (Å²) in [6.45, 7) is 6.32. The van der Waals surface area contributed by atoms with Crippen LogP contribution in [0.25, 0.3) is 0 Å². The van der Waals surface area contributed by atoms with E-state index in [0.29, 0.717) is 17.5 Å². The van der Waals surface area contributed by atoms with Crippen molar-refractivity contribution in [2.75, 3.05) is 5.32 Å². The highest BCUT2D eigenvalue weighted by molar-refractivity contribution is 8.00. The van der Waals surface area contributed by atoms with E-state index in [4.69, 9.17) is 4.42 Å². The first kappa shape index (κ1) is 17.9. The van der Waals surface area contributed by atoms with Gasteiger partial charge in [0.2, 0.25) is 16.9 Å². The molecule has 0 unspecified atom stereocenters. The van der Waals surface area contributed by atoms with Gasteiger partial charge in [0.15, 0.2) is 4.34 Å². The van der Waals surface area contributed by atoms with E-state index in [1.165, 1.54) is 22.5 Å². The van der Waals surface area contributed by atoms with Crippen LogP contribution in [0.1, 0.15) is 43.7 Å². The first-order valence-corrected chi connectivity index (χ1v) is 10.2. The van der Waals surface area contributed by atoms with Gasteiger partial charge in [-0.2, -0.15) is 0 Å². The van der Waals surface area contributed by atoms with Crippen molar-refractivity contribution in [3.8, 4) is 0 Å². The molecular weight excluding hydrogens is 354 g/mol. The van der Waals surface area contributed by atoms with Gasteiger partial charge in [-0.1, -0.05) is 62.1 Å². The van der Waals surface area contributed by atoms with Gasteiger partial charge in [0.25, 0.3) is 0 Å². The number of anilines is 2. The Morgan fingerprint density at radius 3 is 2.32 bits per heavy atom. The van der Waals surface area contributed by atoms with Crippen molar-refractivity contribution in [2.24, 2.45) is 0 Å². The second kappa shape index (κ2) is 8.44. The molecule has 8 heteroatoms. The first-order valence-electron chi connectivity index (χ1n) is 8.38. The molecule has 2 aromatic heterocycles. The Labute approximate surface area is 155 Å². The summed E-state index contributed by atoms with van der Waals surface area (Å²) in [6.07, 6.45) is 2.71. The van der Waals surface area contributed by atoms with Crippen molar-refractivity contribution in [3.63, 3.8) is 0 Å². The molecule has 0 saturated heterocycles. The summed E-state index contributed by atoms with van der Waals surface area (Å²) < 4.78 is 6.40. The van der Waals surface area contributed by atoms with Gasteiger partial charge in [-0.3, -0.25) is 0 Å². The fourth-order valence-corrected chi connectivity index (χ4v) is 4.03. The van der Waals surface area contributed by atoms with Gasteiger partial charge < -0.3 is 9.73 Å². The lowest BCUT2D eigenvalue weighted by molar-refractivity contribution is 0.470. The van der Waals surface area contributed by atoms with E-state index in [0.717, 1.165) is 34.4 Å². The molecule has 0 radical (unpaired) electrons. The summed E-state index contributed by atoms with van der Waals surface area (Å²) in [5.74, 6) is 1.89. The summed E-state index contributed by atoms with van der Waals surface area (Å²) >= 11 is 3.09. The molecule has 0 aliphatic heterocycles. The molecule has 25 heavy (non-hydrogen) atoms. The maximum absolute atomic E-state index is 5.52. The van der Waals surface area contributed by atoms with Crippen molar-refractivity contribution in [2.45, 2.75) is 50.1 Å². The van der Waals surface area contributed by atoms with Crippen LogP contribution in [0.15, 0.2) is 27.0 Å². The molecule has 0 aliphatic rings. The highest BCUT2D eigenvalue weighted by Crippen LogP contribution is 2.32. The molecule has 0 aliphatic carbocycles. The minimum atomic E-state index is 0.605. The molecule has 0 amide bonds. The van der Waals surface area contributed by atoms with E-state index in [2.05, 4.69) is 57.8 Å². The number of benzene rings is 1. The molecule has 2 heterocycles. The zero-order valence-electron chi connectivity index (χ0n) is 14.6. The average Bonchev–Trinajstić information content (AvgIpc) is 3.29. The third-order valence-electron chi connectivity index (χ3n) is 3.77. The Kier molecular flexibility index (Phi) is 6.04. The quantitative estimate of drug-likeness (QED) is 0.574. The predicted molar refractivity (Wildman–Crippen MR) is 102 cm³/mol. The number of nitrogens with one attached hydrogen (secondary N) is 1. The summed E-state index contributed by atoms with van der Waals surface area (Å²) in [4.78, 5) is 0. The topological polar surface area (TPSA) is 76.7 Å². The molecular formula is C17H21N5OS2. The first-order chi connectivity index (χ1) is 12.2. The highest BCUT2D eigenvalue weighted by atomic mass is 32.2. The number of thioether (sulfide) groups is 1. The lowest BCUT2D eigenvalue weighted by Crippen LogP contribution is -1.99. The molecule has 3 rings (SSSR count). The third-order valence-corrected chi connectivity index (χ3v) is 5.72. The van der Waals surface area contributed by atoms with Crippen LogP contribution in [-0.4, -0.2) is 20.4 Å². The van der Waals surface area contributed by atoms with E-state index < -0.39 is 0 Å². The number of rotatable bonds is 8. The van der Waals surface area contributed by atoms with Crippen LogP contribution in [0.3, 0.4) is 0 Å². The molecule has 3 aromatic rings. The van der Waals surface area contributed by atoms with Gasteiger partial charge in [0.1, 0.15) is 0 Å². The SMILES string of the molecule is CCc1nnc(CSc2nnc(Nc3c(CC)cccc3CC)s2)o1. The number of hydrogen-bond donors (Lipinski definition) is 1. The van der Waals surface area contributed by atoms with Crippen LogP contribution in [-0.2, 0) is 25.0 Å². The maximum Gasteiger partial charge on any atom is 0.226 e. The van der Waals surface area contributed by atoms with Crippen molar-refractivity contribution in [1.82, 2.24) is 20.4 Å². The second-order valence-corrected chi connectivity index (χ2v) is 7.59. The summed E-state index contributed by atoms with van der Waals surface area (Å²) in [5.41, 5.74) is 3.74. The summed E-state index contributed by atoms with van der Waals surface area (Å²) in [5, 5.41) is 20.8. The van der Waals surface area contributed by atoms with Gasteiger partial charge in [-0.25, -0.2) is 0 Å². The van der Waals surface area contributed by atoms with Crippen molar-refractivity contribution in [1.29, 1.82) is 0 Å². The number of hydrogen-bond acceptors (Lipinski definition) is 8. The van der Waals surface area contributed by atoms with Gasteiger partial charge >= 0.3 is 0 Å². The molecule has 1 N–H and O–H groups in total. The molecule has 1 aromatic carbocycles. The molecule has 0 saturated carbocycles. The molecule has 0 atom stereocenters. The number of para-hydroxylation sites is 1. The molecule has 6 nitrogen and oxygen atoms in total. The predicted octanol–water partition coefficient (Wildman–Crippen LogP) is 4.64. The van der Waals surface area contributed by atoms with Gasteiger partial charge in [0.05, 0.1) is 5.75 Å². The van der Waals surface area contributed by atoms with E-state index in [-0.39, 0.29) is 0 Å². The van der Waals surface area contributed by atoms with Crippen molar-refractivity contribution < 1.29 is 4.42 Å². The highest BCUT2D eigenvalue weighted by Gasteiger charge is 2.12. The van der Waals surface area contributed by atoms with Crippen LogP contribution in [0, 0.1) is 0 Å². The number of nitrogens with zero attached hydrogens (tertiary/aromatic N) is 4. The molecule has 0 spiro atoms. The Morgan fingerprint density at radius 2 is 1.68 bits per heavy atom. The molecule has 132 valence electrons. The number of aryl methyl sites for hydroxylation is 3. The minimum Gasteiger partial charge on any atom is -0.424 e. The zero-order chi connectivity index (χ0) is 17.6.